The second kappa shape index (κ2) is 8.45. The molecule has 0 spiro atoms. The van der Waals surface area contributed by atoms with Crippen LogP contribution in [-0.4, -0.2) is 49.9 Å². The van der Waals surface area contributed by atoms with Gasteiger partial charge in [0.1, 0.15) is 18.7 Å². The van der Waals surface area contributed by atoms with Gasteiger partial charge in [-0.05, 0) is 24.5 Å². The van der Waals surface area contributed by atoms with Gasteiger partial charge in [0.15, 0.2) is 5.82 Å². The fraction of sp³-hybridized carbons (Fsp3) is 0.381. The standard InChI is InChI=1S/C21H22FN7O/c1-13-8-14(12-29(11-13)19(30)2-5-23)27-20-15-3-6-25-21(15)26-10-16(20)17-4-7-24-18(9-22)28-17/h3-4,6-7,10,13-14H,2,8-9,11-12H2,1H3,(H2,25,26,27)/t13-,14+/m0/s1. The molecular formula is C21H22FN7O. The number of anilines is 1. The van der Waals surface area contributed by atoms with Gasteiger partial charge >= 0.3 is 0 Å². The lowest BCUT2D eigenvalue weighted by atomic mass is 9.95. The highest BCUT2D eigenvalue weighted by Gasteiger charge is 2.28. The third-order valence-corrected chi connectivity index (χ3v) is 5.28. The lowest BCUT2D eigenvalue weighted by Gasteiger charge is -2.37. The molecule has 0 aliphatic carbocycles. The molecule has 1 fully saturated rings. The number of fused-ring (bicyclic) bond motifs is 1. The molecule has 3 aromatic rings. The Labute approximate surface area is 173 Å². The Morgan fingerprint density at radius 1 is 1.40 bits per heavy atom. The zero-order valence-corrected chi connectivity index (χ0v) is 16.6. The largest absolute Gasteiger partial charge is 0.379 e. The Bertz CT molecular complexity index is 1110. The van der Waals surface area contributed by atoms with E-state index in [9.17, 15) is 9.18 Å². The molecule has 2 N–H and O–H groups in total. The summed E-state index contributed by atoms with van der Waals surface area (Å²) in [6.45, 7) is 2.51. The number of aromatic amines is 1. The van der Waals surface area contributed by atoms with E-state index in [1.165, 1.54) is 6.20 Å². The van der Waals surface area contributed by atoms with Crippen LogP contribution < -0.4 is 5.32 Å². The highest BCUT2D eigenvalue weighted by molar-refractivity contribution is 5.97. The Morgan fingerprint density at radius 3 is 3.07 bits per heavy atom. The van der Waals surface area contributed by atoms with E-state index >= 15 is 0 Å². The molecule has 30 heavy (non-hydrogen) atoms. The molecule has 9 heteroatoms. The van der Waals surface area contributed by atoms with Crippen molar-refractivity contribution in [1.82, 2.24) is 24.8 Å². The van der Waals surface area contributed by atoms with E-state index in [4.69, 9.17) is 5.26 Å². The first kappa shape index (κ1) is 19.8. The van der Waals surface area contributed by atoms with E-state index in [-0.39, 0.29) is 24.2 Å². The van der Waals surface area contributed by atoms with Gasteiger partial charge in [0.05, 0.1) is 17.5 Å². The number of piperidine rings is 1. The number of hydrogen-bond acceptors (Lipinski definition) is 6. The minimum absolute atomic E-state index is 0.00174. The lowest BCUT2D eigenvalue weighted by Crippen LogP contribution is -2.48. The fourth-order valence-corrected chi connectivity index (χ4v) is 4.01. The maximum absolute atomic E-state index is 13.1. The van der Waals surface area contributed by atoms with Crippen LogP contribution in [0, 0.1) is 17.2 Å². The quantitative estimate of drug-likeness (QED) is 0.673. The third kappa shape index (κ3) is 3.94. The molecule has 2 atom stereocenters. The van der Waals surface area contributed by atoms with E-state index < -0.39 is 6.67 Å². The van der Waals surface area contributed by atoms with Crippen molar-refractivity contribution >= 4 is 22.6 Å². The van der Waals surface area contributed by atoms with Crippen molar-refractivity contribution < 1.29 is 9.18 Å². The highest BCUT2D eigenvalue weighted by Crippen LogP contribution is 2.34. The van der Waals surface area contributed by atoms with Crippen LogP contribution in [0.1, 0.15) is 25.6 Å². The van der Waals surface area contributed by atoms with Crippen LogP contribution in [0.2, 0.25) is 0 Å². The van der Waals surface area contributed by atoms with E-state index in [0.29, 0.717) is 24.7 Å². The van der Waals surface area contributed by atoms with Crippen molar-refractivity contribution in [2.75, 3.05) is 18.4 Å². The minimum atomic E-state index is -0.744. The van der Waals surface area contributed by atoms with Gasteiger partial charge in [-0.15, -0.1) is 0 Å². The average Bonchev–Trinajstić information content (AvgIpc) is 3.23. The average molecular weight is 407 g/mol. The number of nitriles is 1. The monoisotopic (exact) mass is 407 g/mol. The Morgan fingerprint density at radius 2 is 2.27 bits per heavy atom. The van der Waals surface area contributed by atoms with Crippen LogP contribution in [0.25, 0.3) is 22.3 Å². The number of rotatable bonds is 5. The molecule has 8 nitrogen and oxygen atoms in total. The molecule has 1 aliphatic heterocycles. The number of hydrogen-bond donors (Lipinski definition) is 2. The maximum Gasteiger partial charge on any atom is 0.236 e. The van der Waals surface area contributed by atoms with Gasteiger partial charge in [-0.3, -0.25) is 4.79 Å². The summed E-state index contributed by atoms with van der Waals surface area (Å²) in [5.41, 5.74) is 2.88. The number of amides is 1. The molecule has 0 unspecified atom stereocenters. The SMILES string of the molecule is C[C@H]1C[C@@H](Nc2c(-c3ccnc(CF)n3)cnc3[nH]ccc23)CN(C(=O)CC#N)C1. The van der Waals surface area contributed by atoms with Crippen molar-refractivity contribution in [3.8, 4) is 17.3 Å². The van der Waals surface area contributed by atoms with Crippen LogP contribution in [0.3, 0.4) is 0 Å². The predicted octanol–water partition coefficient (Wildman–Crippen LogP) is 3.05. The number of aromatic nitrogens is 4. The first-order valence-corrected chi connectivity index (χ1v) is 9.84. The minimum Gasteiger partial charge on any atom is -0.379 e. The number of pyridine rings is 1. The van der Waals surface area contributed by atoms with Crippen molar-refractivity contribution in [1.29, 1.82) is 5.26 Å². The molecule has 0 aromatic carbocycles. The smallest absolute Gasteiger partial charge is 0.236 e. The first-order chi connectivity index (χ1) is 14.6. The zero-order chi connectivity index (χ0) is 21.1. The summed E-state index contributed by atoms with van der Waals surface area (Å²) in [6.07, 6.45) is 5.81. The van der Waals surface area contributed by atoms with Gasteiger partial charge in [-0.2, -0.15) is 5.26 Å². The van der Waals surface area contributed by atoms with Crippen molar-refractivity contribution in [3.63, 3.8) is 0 Å². The van der Waals surface area contributed by atoms with E-state index in [2.05, 4.69) is 32.2 Å². The third-order valence-electron chi connectivity index (χ3n) is 5.28. The summed E-state index contributed by atoms with van der Waals surface area (Å²) in [5, 5.41) is 13.3. The number of halogens is 1. The summed E-state index contributed by atoms with van der Waals surface area (Å²) in [7, 11) is 0. The van der Waals surface area contributed by atoms with E-state index in [0.717, 1.165) is 28.7 Å². The van der Waals surface area contributed by atoms with Gasteiger partial charge in [-0.1, -0.05) is 6.92 Å². The van der Waals surface area contributed by atoms with Crippen LogP contribution in [0.5, 0.6) is 0 Å². The number of H-pyrrole nitrogens is 1. The molecule has 1 aliphatic rings. The number of alkyl halides is 1. The van der Waals surface area contributed by atoms with Crippen LogP contribution >= 0.6 is 0 Å². The van der Waals surface area contributed by atoms with Crippen molar-refractivity contribution in [2.45, 2.75) is 32.5 Å². The first-order valence-electron chi connectivity index (χ1n) is 9.84. The Kier molecular flexibility index (Phi) is 5.57. The van der Waals surface area contributed by atoms with E-state index in [1.54, 1.807) is 17.2 Å². The summed E-state index contributed by atoms with van der Waals surface area (Å²) in [5.74, 6) is 0.260. The predicted molar refractivity (Wildman–Crippen MR) is 110 cm³/mol. The van der Waals surface area contributed by atoms with Crippen LogP contribution in [-0.2, 0) is 11.5 Å². The summed E-state index contributed by atoms with van der Waals surface area (Å²) >= 11 is 0. The van der Waals surface area contributed by atoms with Crippen LogP contribution in [0.15, 0.2) is 30.7 Å². The number of nitrogens with one attached hydrogen (secondary N) is 2. The molecule has 0 radical (unpaired) electrons. The van der Waals surface area contributed by atoms with E-state index in [1.807, 2.05) is 18.3 Å². The molecule has 1 amide bonds. The van der Waals surface area contributed by atoms with Gasteiger partial charge < -0.3 is 15.2 Å². The zero-order valence-electron chi connectivity index (χ0n) is 16.6. The Hall–Kier alpha value is -3.54. The van der Waals surface area contributed by atoms with Gasteiger partial charge in [-0.25, -0.2) is 19.3 Å². The van der Waals surface area contributed by atoms with Gasteiger partial charge in [0.2, 0.25) is 5.91 Å². The summed E-state index contributed by atoms with van der Waals surface area (Å²) < 4.78 is 13.1. The van der Waals surface area contributed by atoms with Gasteiger partial charge in [0.25, 0.3) is 0 Å². The fourth-order valence-electron chi connectivity index (χ4n) is 4.01. The molecule has 4 rings (SSSR count). The van der Waals surface area contributed by atoms with Gasteiger partial charge in [0, 0.05) is 48.7 Å². The molecule has 1 saturated heterocycles. The number of nitrogens with zero attached hydrogens (tertiary/aromatic N) is 5. The number of carbonyl (C=O) groups excluding carboxylic acids is 1. The second-order valence-electron chi connectivity index (χ2n) is 7.59. The molecule has 0 bridgehead atoms. The molecule has 0 saturated carbocycles. The normalized spacial score (nSPS) is 18.9. The molecule has 154 valence electrons. The summed E-state index contributed by atoms with van der Waals surface area (Å²) in [4.78, 5) is 29.8. The maximum atomic E-state index is 13.1. The highest BCUT2D eigenvalue weighted by atomic mass is 19.1. The topological polar surface area (TPSA) is 111 Å². The number of likely N-dealkylation sites (tertiary alicyclic amines) is 1. The molecular weight excluding hydrogens is 385 g/mol. The second-order valence-corrected chi connectivity index (χ2v) is 7.59. The summed E-state index contributed by atoms with van der Waals surface area (Å²) in [6, 6.07) is 5.59. The Balaban J connectivity index is 1.70. The van der Waals surface area contributed by atoms with Crippen molar-refractivity contribution in [2.24, 2.45) is 5.92 Å². The lowest BCUT2D eigenvalue weighted by molar-refractivity contribution is -0.132. The van der Waals surface area contributed by atoms with Crippen molar-refractivity contribution in [3.05, 3.63) is 36.5 Å². The van der Waals surface area contributed by atoms with Crippen LogP contribution in [0.4, 0.5) is 10.1 Å². The molecule has 3 aromatic heterocycles. The molecule has 4 heterocycles. The number of carbonyl (C=O) groups is 1.